The molecule has 110 valence electrons. The van der Waals surface area contributed by atoms with E-state index in [4.69, 9.17) is 9.47 Å². The van der Waals surface area contributed by atoms with Gasteiger partial charge >= 0.3 is 5.97 Å². The minimum atomic E-state index is -0.996. The Morgan fingerprint density at radius 3 is 2.70 bits per heavy atom. The molecule has 1 N–H and O–H groups in total. The van der Waals surface area contributed by atoms with Crippen LogP contribution in [0.25, 0.3) is 0 Å². The van der Waals surface area contributed by atoms with Crippen molar-refractivity contribution >= 4 is 5.97 Å². The van der Waals surface area contributed by atoms with Crippen molar-refractivity contribution in [2.24, 2.45) is 0 Å². The van der Waals surface area contributed by atoms with Crippen LogP contribution in [-0.4, -0.2) is 35.4 Å². The van der Waals surface area contributed by atoms with Gasteiger partial charge in [0.1, 0.15) is 17.4 Å². The molecular formula is C15H21NO4. The molecule has 0 spiro atoms. The highest BCUT2D eigenvalue weighted by molar-refractivity contribution is 5.92. The maximum atomic E-state index is 11.4. The summed E-state index contributed by atoms with van der Waals surface area (Å²) in [5, 5.41) is 9.32. The van der Waals surface area contributed by atoms with Crippen LogP contribution in [0.15, 0.2) is 6.07 Å². The van der Waals surface area contributed by atoms with Crippen molar-refractivity contribution in [1.82, 2.24) is 4.98 Å². The minimum absolute atomic E-state index is 0.00741. The summed E-state index contributed by atoms with van der Waals surface area (Å²) in [6.45, 7) is 3.53. The van der Waals surface area contributed by atoms with Gasteiger partial charge in [-0.15, -0.1) is 0 Å². The van der Waals surface area contributed by atoms with Crippen molar-refractivity contribution in [3.8, 4) is 5.75 Å². The highest BCUT2D eigenvalue weighted by atomic mass is 16.5. The zero-order valence-corrected chi connectivity index (χ0v) is 12.2. The number of carboxylic acid groups (broad SMARTS) is 1. The van der Waals surface area contributed by atoms with E-state index in [9.17, 15) is 9.90 Å². The Hall–Kier alpha value is -1.62. The second-order valence-corrected chi connectivity index (χ2v) is 5.29. The average molecular weight is 279 g/mol. The molecular weight excluding hydrogens is 258 g/mol. The Morgan fingerprint density at radius 1 is 1.35 bits per heavy atom. The lowest BCUT2D eigenvalue weighted by Gasteiger charge is -2.29. The highest BCUT2D eigenvalue weighted by Crippen LogP contribution is 2.29. The van der Waals surface area contributed by atoms with E-state index in [1.165, 1.54) is 0 Å². The summed E-state index contributed by atoms with van der Waals surface area (Å²) in [6.07, 6.45) is 4.01. The van der Waals surface area contributed by atoms with Gasteiger partial charge in [0.25, 0.3) is 0 Å². The topological polar surface area (TPSA) is 68.7 Å². The van der Waals surface area contributed by atoms with Crippen molar-refractivity contribution in [3.05, 3.63) is 23.0 Å². The second-order valence-electron chi connectivity index (χ2n) is 5.29. The van der Waals surface area contributed by atoms with Gasteiger partial charge in [0.2, 0.25) is 0 Å². The quantitative estimate of drug-likeness (QED) is 0.917. The molecule has 1 aliphatic carbocycles. The van der Waals surface area contributed by atoms with Crippen molar-refractivity contribution < 1.29 is 19.4 Å². The lowest BCUT2D eigenvalue weighted by molar-refractivity contribution is 0.0204. The second kappa shape index (κ2) is 6.22. The lowest BCUT2D eigenvalue weighted by atomic mass is 9.95. The van der Waals surface area contributed by atoms with E-state index >= 15 is 0 Å². The lowest BCUT2D eigenvalue weighted by Crippen LogP contribution is -2.30. The smallest absolute Gasteiger partial charge is 0.341 e. The molecule has 1 aromatic heterocycles. The molecule has 5 nitrogen and oxygen atoms in total. The van der Waals surface area contributed by atoms with Crippen LogP contribution in [0.2, 0.25) is 0 Å². The molecule has 0 amide bonds. The van der Waals surface area contributed by atoms with Gasteiger partial charge in [-0.25, -0.2) is 4.79 Å². The Labute approximate surface area is 118 Å². The minimum Gasteiger partial charge on any atom is -0.489 e. The summed E-state index contributed by atoms with van der Waals surface area (Å²) in [7, 11) is 1.70. The van der Waals surface area contributed by atoms with Crippen LogP contribution < -0.4 is 4.74 Å². The van der Waals surface area contributed by atoms with Crippen LogP contribution >= 0.6 is 0 Å². The summed E-state index contributed by atoms with van der Waals surface area (Å²) in [5.41, 5.74) is 1.42. The van der Waals surface area contributed by atoms with Crippen LogP contribution in [0.5, 0.6) is 5.75 Å². The Balaban J connectivity index is 2.22. The molecule has 0 saturated heterocycles. The maximum absolute atomic E-state index is 11.4. The monoisotopic (exact) mass is 279 g/mol. The van der Waals surface area contributed by atoms with E-state index in [1.54, 1.807) is 20.1 Å². The Kier molecular flexibility index (Phi) is 4.60. The maximum Gasteiger partial charge on any atom is 0.341 e. The molecule has 20 heavy (non-hydrogen) atoms. The summed E-state index contributed by atoms with van der Waals surface area (Å²) in [4.78, 5) is 15.6. The number of aromatic carboxylic acids is 1. The fraction of sp³-hybridized carbons (Fsp3) is 0.600. The van der Waals surface area contributed by atoms with Crippen molar-refractivity contribution in [1.29, 1.82) is 0 Å². The molecule has 1 aromatic rings. The number of hydrogen-bond acceptors (Lipinski definition) is 4. The van der Waals surface area contributed by atoms with Gasteiger partial charge in [0, 0.05) is 25.3 Å². The van der Waals surface area contributed by atoms with Crippen molar-refractivity contribution in [2.75, 3.05) is 7.11 Å². The molecule has 0 radical (unpaired) electrons. The number of ether oxygens (including phenoxy) is 2. The normalized spacial score (nSPS) is 22.6. The fourth-order valence-electron chi connectivity index (χ4n) is 2.75. The van der Waals surface area contributed by atoms with Gasteiger partial charge in [-0.2, -0.15) is 0 Å². The van der Waals surface area contributed by atoms with Gasteiger partial charge in [-0.3, -0.25) is 4.98 Å². The average Bonchev–Trinajstić information content (AvgIpc) is 2.37. The van der Waals surface area contributed by atoms with Crippen LogP contribution in [-0.2, 0) is 4.74 Å². The van der Waals surface area contributed by atoms with Gasteiger partial charge in [-0.05, 0) is 33.1 Å². The zero-order valence-electron chi connectivity index (χ0n) is 12.2. The van der Waals surface area contributed by atoms with E-state index in [2.05, 4.69) is 4.98 Å². The number of nitrogens with zero attached hydrogens (tertiary/aromatic N) is 1. The molecule has 0 aromatic carbocycles. The van der Waals surface area contributed by atoms with Crippen molar-refractivity contribution in [2.45, 2.75) is 51.7 Å². The van der Waals surface area contributed by atoms with E-state index < -0.39 is 5.97 Å². The van der Waals surface area contributed by atoms with Gasteiger partial charge < -0.3 is 14.6 Å². The molecule has 0 aliphatic heterocycles. The largest absolute Gasteiger partial charge is 0.489 e. The third kappa shape index (κ3) is 3.28. The first-order valence-corrected chi connectivity index (χ1v) is 6.92. The van der Waals surface area contributed by atoms with Gasteiger partial charge in [0.05, 0.1) is 11.8 Å². The molecule has 1 aliphatic rings. The number of hydrogen-bond donors (Lipinski definition) is 1. The number of aromatic nitrogens is 1. The highest BCUT2D eigenvalue weighted by Gasteiger charge is 2.25. The molecule has 0 bridgehead atoms. The first-order valence-electron chi connectivity index (χ1n) is 6.92. The van der Waals surface area contributed by atoms with Gasteiger partial charge in [0.15, 0.2) is 0 Å². The number of rotatable bonds is 4. The molecule has 2 unspecified atom stereocenters. The van der Waals surface area contributed by atoms with E-state index in [0.29, 0.717) is 11.4 Å². The number of methoxy groups -OCH3 is 1. The molecule has 1 saturated carbocycles. The molecule has 5 heteroatoms. The molecule has 1 fully saturated rings. The third-order valence-corrected chi connectivity index (χ3v) is 3.71. The van der Waals surface area contributed by atoms with E-state index in [1.807, 2.05) is 6.92 Å². The standard InChI is InChI=1S/C15H21NO4/c1-9-7-13(14(15(17)18)10(2)16-9)20-12-6-4-5-11(8-12)19-3/h7,11-12H,4-6,8H2,1-3H3,(H,17,18). The molecule has 2 atom stereocenters. The van der Waals surface area contributed by atoms with Crippen LogP contribution in [0.4, 0.5) is 0 Å². The SMILES string of the molecule is COC1CCCC(Oc2cc(C)nc(C)c2C(=O)O)C1. The number of carboxylic acids is 1. The predicted octanol–water partition coefficient (Wildman–Crippen LogP) is 2.73. The molecule has 2 rings (SSSR count). The summed E-state index contributed by atoms with van der Waals surface area (Å²) in [6, 6.07) is 1.70. The van der Waals surface area contributed by atoms with Crippen LogP contribution in [0.1, 0.15) is 47.4 Å². The predicted molar refractivity (Wildman–Crippen MR) is 74.4 cm³/mol. The van der Waals surface area contributed by atoms with E-state index in [-0.39, 0.29) is 17.8 Å². The molecule has 1 heterocycles. The third-order valence-electron chi connectivity index (χ3n) is 3.71. The number of pyridine rings is 1. The number of aryl methyl sites for hydroxylation is 2. The van der Waals surface area contributed by atoms with Crippen LogP contribution in [0.3, 0.4) is 0 Å². The summed E-state index contributed by atoms with van der Waals surface area (Å²) >= 11 is 0. The van der Waals surface area contributed by atoms with Crippen molar-refractivity contribution in [3.63, 3.8) is 0 Å². The first-order chi connectivity index (χ1) is 9.51. The number of carbonyl (C=O) groups is 1. The fourth-order valence-corrected chi connectivity index (χ4v) is 2.75. The van der Waals surface area contributed by atoms with E-state index in [0.717, 1.165) is 31.4 Å². The van der Waals surface area contributed by atoms with Crippen LogP contribution in [0, 0.1) is 13.8 Å². The Morgan fingerprint density at radius 2 is 2.05 bits per heavy atom. The summed E-state index contributed by atoms with van der Waals surface area (Å²) in [5.74, 6) is -0.576. The first kappa shape index (κ1) is 14.8. The Bertz CT molecular complexity index is 501. The summed E-state index contributed by atoms with van der Waals surface area (Å²) < 4.78 is 11.3. The zero-order chi connectivity index (χ0) is 14.7. The van der Waals surface area contributed by atoms with Gasteiger partial charge in [-0.1, -0.05) is 0 Å².